The number of ether oxygens (including phenoxy) is 2. The van der Waals surface area contributed by atoms with Gasteiger partial charge in [0.1, 0.15) is 11.5 Å². The van der Waals surface area contributed by atoms with Gasteiger partial charge in [0.25, 0.3) is 5.69 Å². The van der Waals surface area contributed by atoms with E-state index in [0.717, 1.165) is 16.6 Å². The Hall–Kier alpha value is -2.45. The molecule has 0 fully saturated rings. The maximum Gasteiger partial charge on any atom is 0.349 e. The Bertz CT molecular complexity index is 811. The number of aldehydes is 1. The molecule has 0 unspecified atom stereocenters. The first-order chi connectivity index (χ1) is 11.4. The summed E-state index contributed by atoms with van der Waals surface area (Å²) >= 11 is 9.19. The summed E-state index contributed by atoms with van der Waals surface area (Å²) in [6.45, 7) is -0.448. The molecule has 0 aliphatic rings. The Labute approximate surface area is 149 Å². The van der Waals surface area contributed by atoms with Gasteiger partial charge in [0.15, 0.2) is 12.9 Å². The van der Waals surface area contributed by atoms with Crippen LogP contribution in [-0.4, -0.2) is 23.8 Å². The van der Waals surface area contributed by atoms with E-state index in [-0.39, 0.29) is 22.7 Å². The van der Waals surface area contributed by atoms with Gasteiger partial charge in [0.2, 0.25) is 0 Å². The second-order valence-electron chi connectivity index (χ2n) is 4.43. The van der Waals surface area contributed by atoms with Crippen molar-refractivity contribution in [2.24, 2.45) is 0 Å². The highest BCUT2D eigenvalue weighted by Gasteiger charge is 2.15. The van der Waals surface area contributed by atoms with Crippen molar-refractivity contribution >= 4 is 45.5 Å². The minimum atomic E-state index is -0.786. The number of nitrogens with zero attached hydrogens (tertiary/aromatic N) is 1. The Morgan fingerprint density at radius 3 is 2.58 bits per heavy atom. The smallest absolute Gasteiger partial charge is 0.349 e. The van der Waals surface area contributed by atoms with Crippen molar-refractivity contribution < 1.29 is 24.0 Å². The van der Waals surface area contributed by atoms with Gasteiger partial charge in [0, 0.05) is 16.6 Å². The Morgan fingerprint density at radius 1 is 1.25 bits per heavy atom. The number of halogens is 2. The van der Waals surface area contributed by atoms with Gasteiger partial charge in [0.05, 0.1) is 15.5 Å². The molecule has 9 heteroatoms. The molecule has 0 heterocycles. The van der Waals surface area contributed by atoms with Crippen molar-refractivity contribution in [3.8, 4) is 11.5 Å². The SMILES string of the molecule is O=Cc1cc([N+](=O)[O-])ccc1OC(=O)COc1ccc(Br)cc1Cl. The van der Waals surface area contributed by atoms with E-state index in [4.69, 9.17) is 21.1 Å². The molecule has 0 aliphatic heterocycles. The van der Waals surface area contributed by atoms with Crippen molar-refractivity contribution in [3.63, 3.8) is 0 Å². The highest BCUT2D eigenvalue weighted by molar-refractivity contribution is 9.10. The summed E-state index contributed by atoms with van der Waals surface area (Å²) in [5.41, 5.74) is -0.394. The third-order valence-corrected chi connectivity index (χ3v) is 3.58. The van der Waals surface area contributed by atoms with Crippen LogP contribution in [0.3, 0.4) is 0 Å². The number of nitro benzene ring substituents is 1. The van der Waals surface area contributed by atoms with E-state index in [1.807, 2.05) is 0 Å². The molecule has 2 rings (SSSR count). The van der Waals surface area contributed by atoms with Crippen LogP contribution < -0.4 is 9.47 Å². The van der Waals surface area contributed by atoms with Crippen LogP contribution in [0.1, 0.15) is 10.4 Å². The van der Waals surface area contributed by atoms with E-state index >= 15 is 0 Å². The van der Waals surface area contributed by atoms with Crippen molar-refractivity contribution in [1.29, 1.82) is 0 Å². The van der Waals surface area contributed by atoms with Gasteiger partial charge in [-0.3, -0.25) is 14.9 Å². The topological polar surface area (TPSA) is 95.7 Å². The molecule has 2 aromatic carbocycles. The van der Waals surface area contributed by atoms with E-state index in [1.165, 1.54) is 6.07 Å². The standard InChI is InChI=1S/C15H9BrClNO6/c16-10-1-3-14(12(17)6-10)23-8-15(20)24-13-4-2-11(18(21)22)5-9(13)7-19/h1-7H,8H2. The molecule has 0 aliphatic carbocycles. The van der Waals surface area contributed by atoms with Gasteiger partial charge >= 0.3 is 5.97 Å². The maximum absolute atomic E-state index is 11.8. The van der Waals surface area contributed by atoms with E-state index in [9.17, 15) is 19.7 Å². The number of carbonyl (C=O) groups is 2. The third-order valence-electron chi connectivity index (χ3n) is 2.79. The predicted octanol–water partition coefficient (Wildman–Crippen LogP) is 3.81. The summed E-state index contributed by atoms with van der Waals surface area (Å²) in [5.74, 6) is -0.590. The molecule has 0 radical (unpaired) electrons. The second kappa shape index (κ2) is 7.89. The zero-order valence-electron chi connectivity index (χ0n) is 11.9. The zero-order valence-corrected chi connectivity index (χ0v) is 14.2. The normalized spacial score (nSPS) is 10.1. The molecular formula is C15H9BrClNO6. The van der Waals surface area contributed by atoms with Gasteiger partial charge in [-0.15, -0.1) is 0 Å². The molecule has 24 heavy (non-hydrogen) atoms. The van der Waals surface area contributed by atoms with Crippen LogP contribution in [0.4, 0.5) is 5.69 Å². The first-order valence-electron chi connectivity index (χ1n) is 6.43. The fraction of sp³-hybridized carbons (Fsp3) is 0.0667. The summed E-state index contributed by atoms with van der Waals surface area (Å²) < 4.78 is 11.0. The quantitative estimate of drug-likeness (QED) is 0.234. The van der Waals surface area contributed by atoms with E-state index < -0.39 is 17.5 Å². The van der Waals surface area contributed by atoms with Crippen LogP contribution in [0.15, 0.2) is 40.9 Å². The van der Waals surface area contributed by atoms with E-state index in [2.05, 4.69) is 15.9 Å². The number of hydrogen-bond acceptors (Lipinski definition) is 6. The van der Waals surface area contributed by atoms with E-state index in [0.29, 0.717) is 11.3 Å². The average molecular weight is 415 g/mol. The van der Waals surface area contributed by atoms with Crippen molar-refractivity contribution in [2.75, 3.05) is 6.61 Å². The Balaban J connectivity index is 2.04. The monoisotopic (exact) mass is 413 g/mol. The van der Waals surface area contributed by atoms with Gasteiger partial charge in [-0.05, 0) is 24.3 Å². The van der Waals surface area contributed by atoms with Crippen molar-refractivity contribution in [2.45, 2.75) is 0 Å². The lowest BCUT2D eigenvalue weighted by Gasteiger charge is -2.09. The summed E-state index contributed by atoms with van der Waals surface area (Å²) in [4.78, 5) is 32.8. The lowest BCUT2D eigenvalue weighted by atomic mass is 10.2. The van der Waals surface area contributed by atoms with Crippen LogP contribution >= 0.6 is 27.5 Å². The first kappa shape index (κ1) is 17.9. The molecule has 124 valence electrons. The zero-order chi connectivity index (χ0) is 17.7. The molecule has 2 aromatic rings. The van der Waals surface area contributed by atoms with Crippen molar-refractivity contribution in [1.82, 2.24) is 0 Å². The minimum Gasteiger partial charge on any atom is -0.480 e. The lowest BCUT2D eigenvalue weighted by molar-refractivity contribution is -0.384. The number of carbonyl (C=O) groups excluding carboxylic acids is 2. The van der Waals surface area contributed by atoms with Crippen LogP contribution in [0.25, 0.3) is 0 Å². The highest BCUT2D eigenvalue weighted by atomic mass is 79.9. The lowest BCUT2D eigenvalue weighted by Crippen LogP contribution is -2.18. The third kappa shape index (κ3) is 4.53. The van der Waals surface area contributed by atoms with Gasteiger partial charge in [-0.25, -0.2) is 4.79 Å². The fourth-order valence-electron chi connectivity index (χ4n) is 1.72. The minimum absolute atomic E-state index is 0.0916. The average Bonchev–Trinajstić information content (AvgIpc) is 2.54. The van der Waals surface area contributed by atoms with Crippen molar-refractivity contribution in [3.05, 3.63) is 61.6 Å². The largest absolute Gasteiger partial charge is 0.480 e. The molecule has 0 saturated carbocycles. The molecule has 0 bridgehead atoms. The predicted molar refractivity (Wildman–Crippen MR) is 88.8 cm³/mol. The van der Waals surface area contributed by atoms with Crippen LogP contribution in [0.5, 0.6) is 11.5 Å². The van der Waals surface area contributed by atoms with Crippen LogP contribution in [0, 0.1) is 10.1 Å². The number of rotatable bonds is 6. The Kier molecular flexibility index (Phi) is 5.88. The molecule has 0 atom stereocenters. The van der Waals surface area contributed by atoms with E-state index in [1.54, 1.807) is 18.2 Å². The number of non-ortho nitro benzene ring substituents is 1. The molecule has 7 nitrogen and oxygen atoms in total. The molecule has 0 aromatic heterocycles. The second-order valence-corrected chi connectivity index (χ2v) is 5.76. The first-order valence-corrected chi connectivity index (χ1v) is 7.60. The Morgan fingerprint density at radius 2 is 1.96 bits per heavy atom. The summed E-state index contributed by atoms with van der Waals surface area (Å²) in [5, 5.41) is 11.0. The number of hydrogen-bond donors (Lipinski definition) is 0. The fourth-order valence-corrected chi connectivity index (χ4v) is 2.44. The maximum atomic E-state index is 11.8. The number of nitro groups is 1. The summed E-state index contributed by atoms with van der Waals surface area (Å²) in [6.07, 6.45) is 0.363. The van der Waals surface area contributed by atoms with Gasteiger partial charge in [-0.1, -0.05) is 27.5 Å². The van der Waals surface area contributed by atoms with Gasteiger partial charge in [-0.2, -0.15) is 0 Å². The molecule has 0 N–H and O–H groups in total. The summed E-state index contributed by atoms with van der Waals surface area (Å²) in [6, 6.07) is 8.18. The number of esters is 1. The van der Waals surface area contributed by atoms with Crippen LogP contribution in [0.2, 0.25) is 5.02 Å². The highest BCUT2D eigenvalue weighted by Crippen LogP contribution is 2.28. The molecule has 0 amide bonds. The van der Waals surface area contributed by atoms with Crippen LogP contribution in [-0.2, 0) is 4.79 Å². The molecular weight excluding hydrogens is 406 g/mol. The molecule has 0 saturated heterocycles. The molecule has 0 spiro atoms. The number of benzene rings is 2. The summed E-state index contributed by atoms with van der Waals surface area (Å²) in [7, 11) is 0. The van der Waals surface area contributed by atoms with Gasteiger partial charge < -0.3 is 9.47 Å².